The quantitative estimate of drug-likeness (QED) is 0.610. The molecule has 0 saturated carbocycles. The van der Waals surface area contributed by atoms with E-state index in [1.165, 1.54) is 14.0 Å². The van der Waals surface area contributed by atoms with E-state index in [-0.39, 0.29) is 6.04 Å². The van der Waals surface area contributed by atoms with Crippen molar-refractivity contribution in [3.63, 3.8) is 0 Å². The molecule has 2 N–H and O–H groups in total. The molecule has 0 amide bonds. The number of hydrogen-bond acceptors (Lipinski definition) is 4. The molecular weight excluding hydrogens is 208 g/mol. The maximum atomic E-state index is 11.2. The van der Waals surface area contributed by atoms with Gasteiger partial charge in [0.2, 0.25) is 0 Å². The number of hydrogen-bond donors (Lipinski definition) is 2. The molecule has 6 nitrogen and oxygen atoms in total. The van der Waals surface area contributed by atoms with E-state index in [0.717, 1.165) is 0 Å². The van der Waals surface area contributed by atoms with E-state index >= 15 is 0 Å². The molecule has 0 aromatic rings. The Kier molecular flexibility index (Phi) is 5.03. The molecule has 0 spiro atoms. The Balaban J connectivity index is 4.30. The van der Waals surface area contributed by atoms with Gasteiger partial charge < -0.3 is 4.74 Å². The van der Waals surface area contributed by atoms with Gasteiger partial charge in [-0.2, -0.15) is 17.9 Å². The number of rotatable bonds is 5. The first-order valence-electron chi connectivity index (χ1n) is 4.16. The molecule has 1 unspecified atom stereocenters. The Bertz CT molecular complexity index is 286. The molecule has 0 bridgehead atoms. The Morgan fingerprint density at radius 2 is 1.71 bits per heavy atom. The van der Waals surface area contributed by atoms with Gasteiger partial charge in [-0.25, -0.2) is 0 Å². The van der Waals surface area contributed by atoms with Crippen molar-refractivity contribution in [2.45, 2.75) is 32.9 Å². The van der Waals surface area contributed by atoms with Gasteiger partial charge in [0.1, 0.15) is 6.04 Å². The zero-order valence-electron chi connectivity index (χ0n) is 8.70. The van der Waals surface area contributed by atoms with E-state index < -0.39 is 22.2 Å². The second-order valence-electron chi connectivity index (χ2n) is 3.14. The molecule has 0 radical (unpaired) electrons. The average molecular weight is 224 g/mol. The minimum absolute atomic E-state index is 0.225. The summed E-state index contributed by atoms with van der Waals surface area (Å²) in [6.07, 6.45) is 0. The summed E-state index contributed by atoms with van der Waals surface area (Å²) in [6, 6.07) is -1.12. The highest BCUT2D eigenvalue weighted by Gasteiger charge is 2.20. The summed E-state index contributed by atoms with van der Waals surface area (Å²) in [7, 11) is -2.44. The fourth-order valence-corrected chi connectivity index (χ4v) is 2.05. The first kappa shape index (κ1) is 13.3. The molecule has 7 heteroatoms. The predicted molar refractivity (Wildman–Crippen MR) is 51.8 cm³/mol. The van der Waals surface area contributed by atoms with Gasteiger partial charge in [-0.15, -0.1) is 0 Å². The minimum Gasteiger partial charge on any atom is -0.468 e. The van der Waals surface area contributed by atoms with Crippen LogP contribution in [-0.4, -0.2) is 33.6 Å². The van der Waals surface area contributed by atoms with Gasteiger partial charge in [0.05, 0.1) is 7.11 Å². The van der Waals surface area contributed by atoms with Crippen molar-refractivity contribution in [1.29, 1.82) is 0 Å². The van der Waals surface area contributed by atoms with E-state index in [2.05, 4.69) is 14.2 Å². The van der Waals surface area contributed by atoms with Crippen LogP contribution in [0, 0.1) is 0 Å². The number of methoxy groups -OCH3 is 1. The van der Waals surface area contributed by atoms with Crippen LogP contribution in [0.5, 0.6) is 0 Å². The van der Waals surface area contributed by atoms with Crippen molar-refractivity contribution < 1.29 is 17.9 Å². The first-order valence-corrected chi connectivity index (χ1v) is 5.64. The molecule has 0 aliphatic carbocycles. The van der Waals surface area contributed by atoms with Crippen LogP contribution in [0.4, 0.5) is 0 Å². The summed E-state index contributed by atoms with van der Waals surface area (Å²) in [5, 5.41) is 0. The van der Waals surface area contributed by atoms with Crippen molar-refractivity contribution in [2.24, 2.45) is 0 Å². The standard InChI is InChI=1S/C7H16N2O4S/c1-5(2)8-14(11,12)9-6(3)7(10)13-4/h5-6,8-9H,1-4H3. The van der Waals surface area contributed by atoms with Crippen LogP contribution in [-0.2, 0) is 19.7 Å². The van der Waals surface area contributed by atoms with E-state index in [0.29, 0.717) is 0 Å². The molecule has 0 aromatic carbocycles. The Morgan fingerprint density at radius 3 is 2.07 bits per heavy atom. The Labute approximate surface area is 84.2 Å². The van der Waals surface area contributed by atoms with Crippen molar-refractivity contribution in [3.8, 4) is 0 Å². The highest BCUT2D eigenvalue weighted by Crippen LogP contribution is 1.90. The molecular formula is C7H16N2O4S. The first-order chi connectivity index (χ1) is 6.28. The summed E-state index contributed by atoms with van der Waals surface area (Å²) in [5.74, 6) is -0.626. The van der Waals surface area contributed by atoms with Crippen molar-refractivity contribution in [2.75, 3.05) is 7.11 Å². The maximum Gasteiger partial charge on any atom is 0.323 e. The van der Waals surface area contributed by atoms with Crippen LogP contribution in [0.2, 0.25) is 0 Å². The molecule has 0 heterocycles. The van der Waals surface area contributed by atoms with Crippen LogP contribution < -0.4 is 9.44 Å². The molecule has 0 aliphatic rings. The minimum atomic E-state index is -3.64. The lowest BCUT2D eigenvalue weighted by Gasteiger charge is -2.14. The van der Waals surface area contributed by atoms with Crippen LogP contribution >= 0.6 is 0 Å². The van der Waals surface area contributed by atoms with E-state index in [9.17, 15) is 13.2 Å². The highest BCUT2D eigenvalue weighted by atomic mass is 32.2. The summed E-state index contributed by atoms with van der Waals surface area (Å²) >= 11 is 0. The largest absolute Gasteiger partial charge is 0.468 e. The summed E-state index contributed by atoms with van der Waals surface area (Å²) in [6.45, 7) is 4.77. The van der Waals surface area contributed by atoms with Crippen LogP contribution in [0.25, 0.3) is 0 Å². The van der Waals surface area contributed by atoms with Crippen molar-refractivity contribution in [3.05, 3.63) is 0 Å². The van der Waals surface area contributed by atoms with E-state index in [1.807, 2.05) is 0 Å². The third-order valence-electron chi connectivity index (χ3n) is 1.28. The summed E-state index contributed by atoms with van der Waals surface area (Å²) in [4.78, 5) is 10.9. The number of nitrogens with one attached hydrogen (secondary N) is 2. The van der Waals surface area contributed by atoms with E-state index in [4.69, 9.17) is 0 Å². The number of carbonyl (C=O) groups excluding carboxylic acids is 1. The third-order valence-corrected chi connectivity index (χ3v) is 2.72. The molecule has 0 rings (SSSR count). The maximum absolute atomic E-state index is 11.2. The lowest BCUT2D eigenvalue weighted by atomic mass is 10.4. The van der Waals surface area contributed by atoms with E-state index in [1.54, 1.807) is 13.8 Å². The zero-order valence-corrected chi connectivity index (χ0v) is 9.51. The van der Waals surface area contributed by atoms with Gasteiger partial charge in [0.25, 0.3) is 10.2 Å². The fourth-order valence-electron chi connectivity index (χ4n) is 0.802. The third kappa shape index (κ3) is 5.15. The van der Waals surface area contributed by atoms with Gasteiger partial charge in [-0.1, -0.05) is 0 Å². The second-order valence-corrected chi connectivity index (χ2v) is 4.62. The van der Waals surface area contributed by atoms with Crippen LogP contribution in [0.1, 0.15) is 20.8 Å². The zero-order chi connectivity index (χ0) is 11.4. The molecule has 0 fully saturated rings. The number of carbonyl (C=O) groups is 1. The predicted octanol–water partition coefficient (Wildman–Crippen LogP) is -0.620. The normalized spacial score (nSPS) is 14.1. The number of esters is 1. The van der Waals surface area contributed by atoms with Crippen LogP contribution in [0.3, 0.4) is 0 Å². The van der Waals surface area contributed by atoms with Gasteiger partial charge in [-0.05, 0) is 20.8 Å². The van der Waals surface area contributed by atoms with Gasteiger partial charge in [0, 0.05) is 6.04 Å². The van der Waals surface area contributed by atoms with Crippen molar-refractivity contribution >= 4 is 16.2 Å². The topological polar surface area (TPSA) is 84.5 Å². The SMILES string of the molecule is COC(=O)C(C)NS(=O)(=O)NC(C)C. The molecule has 1 atom stereocenters. The Morgan fingerprint density at radius 1 is 1.21 bits per heavy atom. The average Bonchev–Trinajstić information content (AvgIpc) is 1.99. The smallest absolute Gasteiger partial charge is 0.323 e. The van der Waals surface area contributed by atoms with Gasteiger partial charge in [-0.3, -0.25) is 4.79 Å². The molecule has 14 heavy (non-hydrogen) atoms. The lowest BCUT2D eigenvalue weighted by molar-refractivity contribution is -0.142. The highest BCUT2D eigenvalue weighted by molar-refractivity contribution is 7.87. The summed E-state index contributed by atoms with van der Waals surface area (Å²) < 4.78 is 31.3. The van der Waals surface area contributed by atoms with Crippen molar-refractivity contribution in [1.82, 2.24) is 9.44 Å². The molecule has 0 aliphatic heterocycles. The number of ether oxygens (including phenoxy) is 1. The molecule has 0 aromatic heterocycles. The Hall–Kier alpha value is -0.660. The fraction of sp³-hybridized carbons (Fsp3) is 0.857. The molecule has 84 valence electrons. The lowest BCUT2D eigenvalue weighted by Crippen LogP contribution is -2.47. The summed E-state index contributed by atoms with van der Waals surface area (Å²) in [5.41, 5.74) is 0. The molecule has 0 saturated heterocycles. The van der Waals surface area contributed by atoms with Crippen LogP contribution in [0.15, 0.2) is 0 Å². The second kappa shape index (κ2) is 5.28. The van der Waals surface area contributed by atoms with Gasteiger partial charge in [0.15, 0.2) is 0 Å². The monoisotopic (exact) mass is 224 g/mol. The van der Waals surface area contributed by atoms with Gasteiger partial charge >= 0.3 is 5.97 Å².